The number of halogens is 1. The van der Waals surface area contributed by atoms with Crippen LogP contribution in [0.1, 0.15) is 41.3 Å². The molecule has 1 aromatic heterocycles. The number of nitrogens with zero attached hydrogens (tertiary/aromatic N) is 2. The molecule has 0 saturated heterocycles. The highest BCUT2D eigenvalue weighted by Gasteiger charge is 2.23. The van der Waals surface area contributed by atoms with Gasteiger partial charge in [0.25, 0.3) is 5.91 Å². The Morgan fingerprint density at radius 1 is 0.917 bits per heavy atom. The van der Waals surface area contributed by atoms with Crippen LogP contribution in [0, 0.1) is 0 Å². The van der Waals surface area contributed by atoms with Crippen LogP contribution in [0.15, 0.2) is 83.3 Å². The van der Waals surface area contributed by atoms with Crippen LogP contribution in [0.25, 0.3) is 10.6 Å². The number of rotatable bonds is 10. The second-order valence-corrected chi connectivity index (χ2v) is 10.3. The van der Waals surface area contributed by atoms with Gasteiger partial charge in [-0.2, -0.15) is 0 Å². The summed E-state index contributed by atoms with van der Waals surface area (Å²) < 4.78 is 0.972. The van der Waals surface area contributed by atoms with E-state index in [-0.39, 0.29) is 11.8 Å². The molecule has 8 heteroatoms. The van der Waals surface area contributed by atoms with Gasteiger partial charge in [0, 0.05) is 22.0 Å². The minimum Gasteiger partial charge on any atom is -0.340 e. The first-order valence-electron chi connectivity index (χ1n) is 11.9. The summed E-state index contributed by atoms with van der Waals surface area (Å²) in [5.74, 6) is -0.633. The van der Waals surface area contributed by atoms with E-state index in [1.807, 2.05) is 78.9 Å². The van der Waals surface area contributed by atoms with Crippen LogP contribution in [-0.2, 0) is 17.6 Å². The van der Waals surface area contributed by atoms with Crippen molar-refractivity contribution in [2.45, 2.75) is 38.6 Å². The fourth-order valence-corrected chi connectivity index (χ4v) is 4.70. The van der Waals surface area contributed by atoms with Gasteiger partial charge < -0.3 is 5.32 Å². The molecule has 184 valence electrons. The van der Waals surface area contributed by atoms with Crippen molar-refractivity contribution in [3.63, 3.8) is 0 Å². The zero-order valence-electron chi connectivity index (χ0n) is 19.9. The molecule has 2 amide bonds. The molecule has 2 N–H and O–H groups in total. The molecule has 36 heavy (non-hydrogen) atoms. The van der Waals surface area contributed by atoms with Crippen molar-refractivity contribution in [2.24, 2.45) is 0 Å². The second-order valence-electron chi connectivity index (χ2n) is 8.42. The number of amides is 2. The Hall–Kier alpha value is -3.36. The van der Waals surface area contributed by atoms with Crippen molar-refractivity contribution in [3.05, 3.63) is 100 Å². The zero-order chi connectivity index (χ0) is 25.3. The highest BCUT2D eigenvalue weighted by molar-refractivity contribution is 9.10. The Bertz CT molecular complexity index is 1290. The molecule has 0 spiro atoms. The highest BCUT2D eigenvalue weighted by atomic mass is 79.9. The number of carbonyl (C=O) groups excluding carboxylic acids is 2. The SMILES string of the molecule is CCCCc1ccc(C(=O)N[C@H](Cc2ccccc2)C(=O)Nc2nnc(-c3ccc(Br)cc3)s2)cc1. The van der Waals surface area contributed by atoms with Gasteiger partial charge in [-0.1, -0.05) is 95.2 Å². The lowest BCUT2D eigenvalue weighted by Gasteiger charge is -2.18. The molecule has 1 atom stereocenters. The Balaban J connectivity index is 1.47. The van der Waals surface area contributed by atoms with E-state index in [0.717, 1.165) is 34.9 Å². The fourth-order valence-electron chi connectivity index (χ4n) is 3.68. The molecule has 6 nitrogen and oxygen atoms in total. The summed E-state index contributed by atoms with van der Waals surface area (Å²) in [5, 5.41) is 15.2. The minimum atomic E-state index is -0.778. The number of nitrogens with one attached hydrogen (secondary N) is 2. The second kappa shape index (κ2) is 12.6. The topological polar surface area (TPSA) is 84.0 Å². The first kappa shape index (κ1) is 25.7. The Morgan fingerprint density at radius 3 is 2.33 bits per heavy atom. The van der Waals surface area contributed by atoms with Crippen LogP contribution in [0.5, 0.6) is 0 Å². The van der Waals surface area contributed by atoms with Crippen LogP contribution < -0.4 is 10.6 Å². The van der Waals surface area contributed by atoms with Crippen LogP contribution in [0.4, 0.5) is 5.13 Å². The van der Waals surface area contributed by atoms with Crippen LogP contribution in [-0.4, -0.2) is 28.1 Å². The van der Waals surface area contributed by atoms with Crippen molar-refractivity contribution in [2.75, 3.05) is 5.32 Å². The summed E-state index contributed by atoms with van der Waals surface area (Å²) in [6.45, 7) is 2.16. The van der Waals surface area contributed by atoms with Gasteiger partial charge in [-0.25, -0.2) is 0 Å². The lowest BCUT2D eigenvalue weighted by molar-refractivity contribution is -0.118. The third-order valence-corrected chi connectivity index (χ3v) is 7.10. The van der Waals surface area contributed by atoms with Gasteiger partial charge in [0.2, 0.25) is 11.0 Å². The molecule has 4 rings (SSSR count). The van der Waals surface area contributed by atoms with E-state index >= 15 is 0 Å². The molecule has 3 aromatic carbocycles. The van der Waals surface area contributed by atoms with Crippen molar-refractivity contribution < 1.29 is 9.59 Å². The van der Waals surface area contributed by atoms with Gasteiger partial charge in [-0.3, -0.25) is 14.9 Å². The van der Waals surface area contributed by atoms with Gasteiger partial charge >= 0.3 is 0 Å². The molecule has 0 aliphatic carbocycles. The summed E-state index contributed by atoms with van der Waals surface area (Å²) in [6, 6.07) is 24.1. The van der Waals surface area contributed by atoms with E-state index in [9.17, 15) is 9.59 Å². The number of aryl methyl sites for hydroxylation is 1. The number of hydrogen-bond donors (Lipinski definition) is 2. The van der Waals surface area contributed by atoms with Crippen molar-refractivity contribution in [1.29, 1.82) is 0 Å². The molecule has 0 unspecified atom stereocenters. The van der Waals surface area contributed by atoms with Crippen LogP contribution >= 0.6 is 27.3 Å². The quantitative estimate of drug-likeness (QED) is 0.238. The third kappa shape index (κ3) is 7.08. The largest absolute Gasteiger partial charge is 0.340 e. The predicted molar refractivity (Wildman–Crippen MR) is 148 cm³/mol. The van der Waals surface area contributed by atoms with E-state index in [0.29, 0.717) is 22.1 Å². The average molecular weight is 564 g/mol. The Kier molecular flexibility index (Phi) is 8.97. The maximum absolute atomic E-state index is 13.3. The molecule has 1 heterocycles. The van der Waals surface area contributed by atoms with Gasteiger partial charge in [-0.15, -0.1) is 10.2 Å². The van der Waals surface area contributed by atoms with Crippen molar-refractivity contribution in [3.8, 4) is 10.6 Å². The molecule has 0 aliphatic heterocycles. The Labute approximate surface area is 223 Å². The summed E-state index contributed by atoms with van der Waals surface area (Å²) in [5.41, 5.74) is 3.58. The van der Waals surface area contributed by atoms with Crippen molar-refractivity contribution >= 4 is 44.2 Å². The van der Waals surface area contributed by atoms with Crippen molar-refractivity contribution in [1.82, 2.24) is 15.5 Å². The lowest BCUT2D eigenvalue weighted by Crippen LogP contribution is -2.45. The van der Waals surface area contributed by atoms with Gasteiger partial charge in [0.1, 0.15) is 11.0 Å². The summed E-state index contributed by atoms with van der Waals surface area (Å²) >= 11 is 4.71. The summed E-state index contributed by atoms with van der Waals surface area (Å²) in [4.78, 5) is 26.3. The molecular weight excluding hydrogens is 536 g/mol. The Morgan fingerprint density at radius 2 is 1.64 bits per heavy atom. The van der Waals surface area contributed by atoms with Gasteiger partial charge in [0.05, 0.1) is 0 Å². The standard InChI is InChI=1S/C28H27BrN4O2S/c1-2-3-7-19-10-12-21(13-11-19)25(34)30-24(18-20-8-5-4-6-9-20)26(35)31-28-33-32-27(36-28)22-14-16-23(29)17-15-22/h4-6,8-17,24H,2-3,7,18H2,1H3,(H,30,34)(H,31,33,35)/t24-/m1/s1. The van der Waals surface area contributed by atoms with Crippen LogP contribution in [0.2, 0.25) is 0 Å². The first-order valence-corrected chi connectivity index (χ1v) is 13.5. The van der Waals surface area contributed by atoms with E-state index in [2.05, 4.69) is 43.7 Å². The predicted octanol–water partition coefficient (Wildman–Crippen LogP) is 6.29. The van der Waals surface area contributed by atoms with E-state index in [1.165, 1.54) is 16.9 Å². The van der Waals surface area contributed by atoms with E-state index in [1.54, 1.807) is 0 Å². The monoisotopic (exact) mass is 562 g/mol. The number of aromatic nitrogens is 2. The van der Waals surface area contributed by atoms with Gasteiger partial charge in [-0.05, 0) is 48.2 Å². The van der Waals surface area contributed by atoms with E-state index in [4.69, 9.17) is 0 Å². The average Bonchev–Trinajstić information content (AvgIpc) is 3.36. The normalized spacial score (nSPS) is 11.6. The number of hydrogen-bond acceptors (Lipinski definition) is 5. The molecule has 0 bridgehead atoms. The molecule has 0 radical (unpaired) electrons. The fraction of sp³-hybridized carbons (Fsp3) is 0.214. The van der Waals surface area contributed by atoms with Gasteiger partial charge in [0.15, 0.2) is 0 Å². The third-order valence-electron chi connectivity index (χ3n) is 5.69. The van der Waals surface area contributed by atoms with Crippen LogP contribution in [0.3, 0.4) is 0 Å². The first-order chi connectivity index (χ1) is 17.5. The maximum atomic E-state index is 13.3. The maximum Gasteiger partial charge on any atom is 0.251 e. The highest BCUT2D eigenvalue weighted by Crippen LogP contribution is 2.27. The molecule has 0 fully saturated rings. The summed E-state index contributed by atoms with van der Waals surface area (Å²) in [6.07, 6.45) is 3.57. The number of unbranched alkanes of at least 4 members (excludes halogenated alkanes) is 1. The van der Waals surface area contributed by atoms with E-state index < -0.39 is 6.04 Å². The summed E-state index contributed by atoms with van der Waals surface area (Å²) in [7, 11) is 0. The smallest absolute Gasteiger partial charge is 0.251 e. The molecule has 0 aliphatic rings. The molecule has 0 saturated carbocycles. The number of carbonyl (C=O) groups is 2. The minimum absolute atomic E-state index is 0.291. The number of benzene rings is 3. The lowest BCUT2D eigenvalue weighted by atomic mass is 10.0. The zero-order valence-corrected chi connectivity index (χ0v) is 22.3. The number of anilines is 1. The molecule has 4 aromatic rings. The molecular formula is C28H27BrN4O2S.